The van der Waals surface area contributed by atoms with Gasteiger partial charge in [-0.3, -0.25) is 14.4 Å². The largest absolute Gasteiger partial charge is 0.423 e. The van der Waals surface area contributed by atoms with Crippen molar-refractivity contribution in [2.75, 3.05) is 93.4 Å². The summed E-state index contributed by atoms with van der Waals surface area (Å²) in [6.45, 7) is 5.16. The van der Waals surface area contributed by atoms with Crippen molar-refractivity contribution in [1.82, 2.24) is 31.5 Å². The molecule has 0 atom stereocenters. The van der Waals surface area contributed by atoms with E-state index in [9.17, 15) is 24.2 Å². The maximum atomic E-state index is 12.4. The summed E-state index contributed by atoms with van der Waals surface area (Å²) in [7, 11) is -1.40. The van der Waals surface area contributed by atoms with Crippen molar-refractivity contribution in [2.45, 2.75) is 19.8 Å². The minimum Gasteiger partial charge on any atom is -0.355 e. The summed E-state index contributed by atoms with van der Waals surface area (Å²) in [6, 6.07) is 0. The van der Waals surface area contributed by atoms with Crippen LogP contribution in [0.25, 0.3) is 0 Å². The van der Waals surface area contributed by atoms with Crippen LogP contribution in [0.3, 0.4) is 0 Å². The van der Waals surface area contributed by atoms with E-state index in [1.807, 2.05) is 6.92 Å². The molecule has 0 aliphatic carbocycles. The van der Waals surface area contributed by atoms with Crippen molar-refractivity contribution >= 4 is 33.6 Å². The van der Waals surface area contributed by atoms with Crippen LogP contribution in [-0.4, -0.2) is 126 Å². The summed E-state index contributed by atoms with van der Waals surface area (Å²) in [5.41, 5.74) is 0. The van der Waals surface area contributed by atoms with Crippen LogP contribution in [0.2, 0.25) is 0 Å². The highest BCUT2D eigenvalue weighted by Crippen LogP contribution is 2.59. The number of hydrogen-bond acceptors (Lipinski definition) is 12. The van der Waals surface area contributed by atoms with Crippen molar-refractivity contribution < 1.29 is 42.3 Å². The van der Waals surface area contributed by atoms with Gasteiger partial charge in [0.05, 0.1) is 35.0 Å². The Morgan fingerprint density at radius 3 is 1.49 bits per heavy atom. The lowest BCUT2D eigenvalue weighted by molar-refractivity contribution is -0.123. The maximum Gasteiger partial charge on any atom is 0.423 e. The molecule has 0 heterocycles. The molecule has 0 rings (SSSR count). The van der Waals surface area contributed by atoms with Gasteiger partial charge >= 0.3 is 15.9 Å². The van der Waals surface area contributed by atoms with E-state index in [1.165, 1.54) is 33.3 Å². The van der Waals surface area contributed by atoms with E-state index in [0.717, 1.165) is 6.54 Å². The minimum atomic E-state index is -3.27. The number of nitrogens with one attached hydrogen (secondary N) is 5. The third kappa shape index (κ3) is 17.9. The van der Waals surface area contributed by atoms with Gasteiger partial charge in [0, 0.05) is 52.1 Å². The highest BCUT2D eigenvalue weighted by Gasteiger charge is 2.47. The van der Waals surface area contributed by atoms with Gasteiger partial charge in [-0.2, -0.15) is 27.9 Å². The van der Waals surface area contributed by atoms with E-state index in [0.29, 0.717) is 32.6 Å². The lowest BCUT2D eigenvalue weighted by Gasteiger charge is -2.25. The van der Waals surface area contributed by atoms with Crippen LogP contribution in [0.15, 0.2) is 0 Å². The lowest BCUT2D eigenvalue weighted by atomic mass is 10.3. The molecule has 37 heavy (non-hydrogen) atoms. The maximum absolute atomic E-state index is 12.4. The Morgan fingerprint density at radius 2 is 1.05 bits per heavy atom. The van der Waals surface area contributed by atoms with Gasteiger partial charge in [0.1, 0.15) is 0 Å². The van der Waals surface area contributed by atoms with Crippen LogP contribution in [-0.2, 0) is 32.5 Å². The Kier molecular flexibility index (Phi) is 20.2. The Labute approximate surface area is 220 Å². The van der Waals surface area contributed by atoms with Gasteiger partial charge < -0.3 is 26.6 Å². The second-order valence-electron chi connectivity index (χ2n) is 7.77. The molecule has 15 nitrogen and oxygen atoms in total. The minimum absolute atomic E-state index is 0.0184. The summed E-state index contributed by atoms with van der Waals surface area (Å²) < 4.78 is 20.1. The molecule has 0 bridgehead atoms. The van der Waals surface area contributed by atoms with E-state index in [1.54, 1.807) is 0 Å². The summed E-state index contributed by atoms with van der Waals surface area (Å²) in [6.07, 6.45) is 0.360. The molecule has 218 valence electrons. The molecule has 17 heteroatoms. The van der Waals surface area contributed by atoms with Crippen LogP contribution in [0, 0.1) is 0 Å². The number of carbonyl (C=O) groups excluding carboxylic acids is 3. The van der Waals surface area contributed by atoms with Crippen molar-refractivity contribution in [2.24, 2.45) is 0 Å². The molecule has 0 fully saturated rings. The third-order valence-corrected chi connectivity index (χ3v) is 8.76. The number of amides is 3. The van der Waals surface area contributed by atoms with Crippen molar-refractivity contribution in [3.8, 4) is 0 Å². The second-order valence-corrected chi connectivity index (χ2v) is 12.3. The molecule has 0 aromatic rings. The van der Waals surface area contributed by atoms with Gasteiger partial charge in [-0.25, -0.2) is 4.90 Å². The number of carbonyl (C=O) groups is 3. The molecule has 0 aromatic heterocycles. The van der Waals surface area contributed by atoms with Crippen LogP contribution in [0.5, 0.6) is 0 Å². The summed E-state index contributed by atoms with van der Waals surface area (Å²) in [4.78, 5) is 58.1. The fourth-order valence-electron chi connectivity index (χ4n) is 2.87. The van der Waals surface area contributed by atoms with E-state index in [-0.39, 0.29) is 50.4 Å². The predicted octanol–water partition coefficient (Wildman–Crippen LogP) is -1.37. The highest BCUT2D eigenvalue weighted by atomic mass is 31.2. The average Bonchev–Trinajstić information content (AvgIpc) is 2.88. The molecule has 0 saturated carbocycles. The number of hydrogen-bond donors (Lipinski definition) is 7. The zero-order valence-corrected chi connectivity index (χ0v) is 24.4. The van der Waals surface area contributed by atoms with Gasteiger partial charge in [0.25, 0.3) is 0 Å². The fourth-order valence-corrected chi connectivity index (χ4v) is 5.19. The van der Waals surface area contributed by atoms with E-state index in [2.05, 4.69) is 26.6 Å². The van der Waals surface area contributed by atoms with Crippen LogP contribution >= 0.6 is 15.9 Å². The first-order chi connectivity index (χ1) is 17.6. The molecule has 0 aromatic carbocycles. The Balaban J connectivity index is 4.23. The fraction of sp³-hybridized carbons (Fsp3) is 0.850. The van der Waals surface area contributed by atoms with Crippen LogP contribution in [0.4, 0.5) is 0 Å². The average molecular weight is 577 g/mol. The quantitative estimate of drug-likeness (QED) is 0.0558. The predicted molar refractivity (Wildman–Crippen MR) is 142 cm³/mol. The molecular weight excluding hydrogens is 530 g/mol. The van der Waals surface area contributed by atoms with Gasteiger partial charge in [0.15, 0.2) is 12.6 Å². The van der Waals surface area contributed by atoms with Gasteiger partial charge in [-0.15, -0.1) is 0 Å². The normalized spacial score (nSPS) is 12.0. The topological polar surface area (TPSA) is 192 Å². The first-order valence-electron chi connectivity index (χ1n) is 11.9. The summed E-state index contributed by atoms with van der Waals surface area (Å²) >= 11 is 0. The SMILES string of the molecule is CCNCCC(=O)NCCNCCC(=O)NCCNC(=O)CN(C[P+](O)(OC)OC)C[P+](O)(OC)OC. The highest BCUT2D eigenvalue weighted by molar-refractivity contribution is 7.61. The van der Waals surface area contributed by atoms with Gasteiger partial charge in [-0.1, -0.05) is 6.92 Å². The Morgan fingerprint density at radius 1 is 0.649 bits per heavy atom. The monoisotopic (exact) mass is 576 g/mol. The van der Waals surface area contributed by atoms with Gasteiger partial charge in [-0.05, 0) is 6.54 Å². The first kappa shape index (κ1) is 35.9. The Hall–Kier alpha value is -1.09. The first-order valence-corrected chi connectivity index (χ1v) is 15.5. The zero-order valence-electron chi connectivity index (χ0n) is 22.6. The smallest absolute Gasteiger partial charge is 0.355 e. The van der Waals surface area contributed by atoms with Crippen molar-refractivity contribution in [3.05, 3.63) is 0 Å². The molecule has 3 amide bonds. The molecule has 0 unspecified atom stereocenters. The third-order valence-electron chi connectivity index (χ3n) is 4.97. The molecule has 7 N–H and O–H groups in total. The number of rotatable bonds is 23. The van der Waals surface area contributed by atoms with Crippen LogP contribution in [0.1, 0.15) is 19.8 Å². The van der Waals surface area contributed by atoms with E-state index in [4.69, 9.17) is 18.1 Å². The van der Waals surface area contributed by atoms with Crippen LogP contribution < -0.4 is 26.6 Å². The Bertz CT molecular complexity index is 638. The summed E-state index contributed by atoms with van der Waals surface area (Å²) in [5.74, 6) is -0.598. The van der Waals surface area contributed by atoms with E-state index >= 15 is 0 Å². The molecule has 0 spiro atoms. The molecule has 0 aliphatic heterocycles. The molecule has 0 aliphatic rings. The van der Waals surface area contributed by atoms with Gasteiger partial charge in [0.2, 0.25) is 17.7 Å². The van der Waals surface area contributed by atoms with Crippen molar-refractivity contribution in [1.29, 1.82) is 0 Å². The molecule has 0 radical (unpaired) electrons. The van der Waals surface area contributed by atoms with Crippen molar-refractivity contribution in [3.63, 3.8) is 0 Å². The standard InChI is InChI=1S/C20H44N6O9P2/c1-6-21-9-7-18(27)23-12-11-22-10-8-19(28)24-13-14-25-20(29)15-26(16-36(30,32-2)33-3)17-37(31,34-4)35-5/h21-22,30-31H,6-17H2,1-5H3,(H-2,23,24,25,27,28,29)/p+2. The molecule has 0 saturated heterocycles. The zero-order chi connectivity index (χ0) is 28.2. The number of nitrogens with zero attached hydrogens (tertiary/aromatic N) is 1. The second kappa shape index (κ2) is 20.8. The lowest BCUT2D eigenvalue weighted by Crippen LogP contribution is -2.42. The summed E-state index contributed by atoms with van der Waals surface area (Å²) in [5, 5.41) is 14.3. The van der Waals surface area contributed by atoms with E-state index < -0.39 is 21.8 Å². The molecular formula is C20H46N6O9P2+2.